The average molecular weight is 468 g/mol. The third-order valence-corrected chi connectivity index (χ3v) is 7.29. The molecule has 1 saturated heterocycles. The number of nitrogens with zero attached hydrogens (tertiary/aromatic N) is 2. The van der Waals surface area contributed by atoms with Crippen molar-refractivity contribution in [2.24, 2.45) is 5.92 Å². The van der Waals surface area contributed by atoms with Crippen molar-refractivity contribution in [3.8, 4) is 5.75 Å². The molecule has 174 valence electrons. The number of hydrogen-bond acceptors (Lipinski definition) is 6. The number of carbonyl (C=O) groups is 2. The van der Waals surface area contributed by atoms with Gasteiger partial charge in [0.1, 0.15) is 11.6 Å². The van der Waals surface area contributed by atoms with Crippen molar-refractivity contribution in [3.05, 3.63) is 55.8 Å². The molecule has 0 radical (unpaired) electrons. The van der Waals surface area contributed by atoms with E-state index in [1.54, 1.807) is 7.11 Å². The number of nitrogens with one attached hydrogen (secondary N) is 1. The third-order valence-electron chi connectivity index (χ3n) is 6.39. The van der Waals surface area contributed by atoms with Crippen LogP contribution in [0.5, 0.6) is 5.75 Å². The lowest BCUT2D eigenvalue weighted by atomic mass is 9.88. The number of ether oxygens (including phenoxy) is 1. The molecule has 0 spiro atoms. The van der Waals surface area contributed by atoms with E-state index in [0.717, 1.165) is 21.7 Å². The molecule has 0 saturated carbocycles. The van der Waals surface area contributed by atoms with E-state index in [-0.39, 0.29) is 23.2 Å². The summed E-state index contributed by atoms with van der Waals surface area (Å²) in [6, 6.07) is 5.53. The van der Waals surface area contributed by atoms with Gasteiger partial charge in [-0.1, -0.05) is 0 Å². The van der Waals surface area contributed by atoms with Crippen molar-refractivity contribution in [1.29, 1.82) is 0 Å². The van der Waals surface area contributed by atoms with Crippen LogP contribution in [0.1, 0.15) is 52.3 Å². The van der Waals surface area contributed by atoms with E-state index in [4.69, 9.17) is 4.74 Å². The lowest BCUT2D eigenvalue weighted by molar-refractivity contribution is -0.132. The van der Waals surface area contributed by atoms with Crippen LogP contribution >= 0.6 is 11.3 Å². The van der Waals surface area contributed by atoms with Gasteiger partial charge in [0.05, 0.1) is 18.0 Å². The highest BCUT2D eigenvalue weighted by atomic mass is 32.1. The van der Waals surface area contributed by atoms with Gasteiger partial charge in [0.15, 0.2) is 5.78 Å². The molecule has 8 heteroatoms. The Morgan fingerprint density at radius 3 is 2.70 bits per heavy atom. The summed E-state index contributed by atoms with van der Waals surface area (Å²) in [4.78, 5) is 48.1. The number of piperidine rings is 1. The normalized spacial score (nSPS) is 14.6. The molecule has 1 aliphatic heterocycles. The highest BCUT2D eigenvalue weighted by Crippen LogP contribution is 2.26. The van der Waals surface area contributed by atoms with Crippen LogP contribution in [0.3, 0.4) is 0 Å². The second-order valence-electron chi connectivity index (χ2n) is 8.62. The minimum atomic E-state index is -0.121. The lowest BCUT2D eigenvalue weighted by Gasteiger charge is -2.31. The van der Waals surface area contributed by atoms with Gasteiger partial charge in [-0.3, -0.25) is 14.4 Å². The van der Waals surface area contributed by atoms with E-state index >= 15 is 0 Å². The Balaban J connectivity index is 1.27. The maximum atomic E-state index is 12.9. The van der Waals surface area contributed by atoms with Crippen LogP contribution in [-0.4, -0.2) is 46.8 Å². The summed E-state index contributed by atoms with van der Waals surface area (Å²) in [7, 11) is 1.62. The topological polar surface area (TPSA) is 92.4 Å². The van der Waals surface area contributed by atoms with Gasteiger partial charge in [-0.2, -0.15) is 0 Å². The second kappa shape index (κ2) is 9.87. The van der Waals surface area contributed by atoms with E-state index in [2.05, 4.69) is 9.97 Å². The molecule has 1 N–H and O–H groups in total. The predicted molar refractivity (Wildman–Crippen MR) is 129 cm³/mol. The summed E-state index contributed by atoms with van der Waals surface area (Å²) in [6.07, 6.45) is 2.94. The highest BCUT2D eigenvalue weighted by molar-refractivity contribution is 7.11. The molecule has 2 aromatic heterocycles. The lowest BCUT2D eigenvalue weighted by Crippen LogP contribution is -2.40. The van der Waals surface area contributed by atoms with Crippen molar-refractivity contribution in [2.75, 3.05) is 20.2 Å². The van der Waals surface area contributed by atoms with Gasteiger partial charge in [0.2, 0.25) is 5.91 Å². The molecule has 3 heterocycles. The number of hydrogen-bond donors (Lipinski definition) is 1. The maximum Gasteiger partial charge on any atom is 0.259 e. The zero-order valence-corrected chi connectivity index (χ0v) is 20.1. The molecule has 0 aliphatic carbocycles. The molecular weight excluding hydrogens is 438 g/mol. The number of carbonyl (C=O) groups excluding carboxylic acids is 2. The zero-order valence-electron chi connectivity index (χ0n) is 19.3. The van der Waals surface area contributed by atoms with Gasteiger partial charge in [0, 0.05) is 47.7 Å². The van der Waals surface area contributed by atoms with Crippen molar-refractivity contribution in [2.45, 2.75) is 46.0 Å². The smallest absolute Gasteiger partial charge is 0.259 e. The van der Waals surface area contributed by atoms with E-state index in [1.165, 1.54) is 11.3 Å². The molecule has 33 heavy (non-hydrogen) atoms. The monoisotopic (exact) mass is 467 g/mol. The molecular formula is C25H29N3O4S. The van der Waals surface area contributed by atoms with Gasteiger partial charge in [-0.15, -0.1) is 11.3 Å². The fraction of sp³-hybridized carbons (Fsp3) is 0.440. The number of amides is 1. The van der Waals surface area contributed by atoms with E-state index in [0.29, 0.717) is 62.0 Å². The van der Waals surface area contributed by atoms with E-state index < -0.39 is 0 Å². The van der Waals surface area contributed by atoms with Crippen molar-refractivity contribution in [1.82, 2.24) is 14.9 Å². The van der Waals surface area contributed by atoms with Crippen LogP contribution in [0.15, 0.2) is 28.4 Å². The Hall–Kier alpha value is -3.00. The molecule has 0 bridgehead atoms. The van der Waals surface area contributed by atoms with Crippen LogP contribution in [-0.2, 0) is 11.2 Å². The van der Waals surface area contributed by atoms with Crippen LogP contribution in [0.25, 0.3) is 10.9 Å². The maximum absolute atomic E-state index is 12.9. The number of methoxy groups -OCH3 is 1. The number of aromatic nitrogens is 2. The Labute approximate surface area is 196 Å². The molecule has 1 fully saturated rings. The highest BCUT2D eigenvalue weighted by Gasteiger charge is 2.28. The fourth-order valence-electron chi connectivity index (χ4n) is 4.45. The largest absolute Gasteiger partial charge is 0.496 e. The molecule has 4 rings (SSSR count). The number of thiophene rings is 1. The number of aromatic amines is 1. The summed E-state index contributed by atoms with van der Waals surface area (Å²) in [6.45, 7) is 5.08. The first-order valence-electron chi connectivity index (χ1n) is 11.3. The molecule has 7 nitrogen and oxygen atoms in total. The summed E-state index contributed by atoms with van der Waals surface area (Å²) in [5.41, 5.74) is 2.28. The van der Waals surface area contributed by atoms with Gasteiger partial charge in [-0.25, -0.2) is 4.98 Å². The van der Waals surface area contributed by atoms with Crippen molar-refractivity contribution < 1.29 is 14.3 Å². The summed E-state index contributed by atoms with van der Waals surface area (Å²) in [5, 5.41) is 2.45. The number of rotatable bonds is 7. The van der Waals surface area contributed by atoms with E-state index in [9.17, 15) is 14.4 Å². The SMILES string of the molecule is COc1ccc(C(=O)C2CCN(C(=O)CCCc3nc4c(C)scc4c(=O)[nH]3)CC2)cc1C. The number of benzene rings is 1. The molecule has 1 aliphatic rings. The molecule has 0 unspecified atom stereocenters. The number of likely N-dealkylation sites (tertiary alicyclic amines) is 1. The molecule has 0 atom stereocenters. The number of fused-ring (bicyclic) bond motifs is 1. The Kier molecular flexibility index (Phi) is 6.93. The van der Waals surface area contributed by atoms with Crippen LogP contribution in [0, 0.1) is 19.8 Å². The Morgan fingerprint density at radius 2 is 2.00 bits per heavy atom. The number of Topliss-reactive ketones (excluding diaryl/α,β-unsaturated/α-hetero) is 1. The third kappa shape index (κ3) is 5.00. The van der Waals surface area contributed by atoms with Crippen molar-refractivity contribution in [3.63, 3.8) is 0 Å². The molecule has 1 aromatic carbocycles. The Morgan fingerprint density at radius 1 is 1.24 bits per heavy atom. The zero-order chi connectivity index (χ0) is 23.5. The van der Waals surface area contributed by atoms with Gasteiger partial charge in [-0.05, 0) is 56.9 Å². The number of aryl methyl sites for hydroxylation is 3. The van der Waals surface area contributed by atoms with Crippen LogP contribution in [0.2, 0.25) is 0 Å². The minimum Gasteiger partial charge on any atom is -0.496 e. The second-order valence-corrected chi connectivity index (χ2v) is 9.71. The summed E-state index contributed by atoms with van der Waals surface area (Å²) < 4.78 is 5.28. The van der Waals surface area contributed by atoms with Crippen LogP contribution < -0.4 is 10.3 Å². The number of H-pyrrole nitrogens is 1. The predicted octanol–water partition coefficient (Wildman–Crippen LogP) is 4.05. The first-order chi connectivity index (χ1) is 15.9. The standard InChI is InChI=1S/C25H29N3O4S/c1-15-13-18(7-8-20(15)32-3)24(30)17-9-11-28(12-10-17)22(29)6-4-5-21-26-23-16(2)33-14-19(23)25(31)27-21/h7-8,13-14,17H,4-6,9-12H2,1-3H3,(H,26,27,31). The minimum absolute atomic E-state index is 0.0586. The van der Waals surface area contributed by atoms with Gasteiger partial charge >= 0.3 is 0 Å². The first kappa shape index (κ1) is 23.2. The number of ketones is 1. The van der Waals surface area contributed by atoms with Gasteiger partial charge < -0.3 is 14.6 Å². The average Bonchev–Trinajstić information content (AvgIpc) is 3.19. The molecule has 1 amide bonds. The Bertz CT molecular complexity index is 1240. The summed E-state index contributed by atoms with van der Waals surface area (Å²) >= 11 is 1.52. The molecule has 3 aromatic rings. The van der Waals surface area contributed by atoms with Crippen LogP contribution in [0.4, 0.5) is 0 Å². The summed E-state index contributed by atoms with van der Waals surface area (Å²) in [5.74, 6) is 1.58. The fourth-order valence-corrected chi connectivity index (χ4v) is 5.23. The van der Waals surface area contributed by atoms with E-state index in [1.807, 2.05) is 42.3 Å². The van der Waals surface area contributed by atoms with Crippen molar-refractivity contribution >= 4 is 33.9 Å². The van der Waals surface area contributed by atoms with Gasteiger partial charge in [0.25, 0.3) is 5.56 Å². The first-order valence-corrected chi connectivity index (χ1v) is 12.2. The quantitative estimate of drug-likeness (QED) is 0.529.